The van der Waals surface area contributed by atoms with Gasteiger partial charge < -0.3 is 5.73 Å². The standard InChI is InChI=1S/C7H6ClN3/c8-6-4-10-7-3-5(9)1-2-11(6)7/h1-4H,9H2. The van der Waals surface area contributed by atoms with Crippen molar-refractivity contribution in [2.75, 3.05) is 5.73 Å². The molecule has 0 atom stereocenters. The Balaban J connectivity index is 2.86. The number of imidazole rings is 1. The number of halogens is 1. The number of nitrogens with zero attached hydrogens (tertiary/aromatic N) is 2. The fourth-order valence-corrected chi connectivity index (χ4v) is 1.16. The van der Waals surface area contributed by atoms with Crippen LogP contribution in [0.25, 0.3) is 5.65 Å². The number of fused-ring (bicyclic) bond motifs is 1. The normalized spacial score (nSPS) is 10.6. The van der Waals surface area contributed by atoms with E-state index >= 15 is 0 Å². The van der Waals surface area contributed by atoms with Crippen LogP contribution in [-0.4, -0.2) is 9.38 Å². The highest BCUT2D eigenvalue weighted by atomic mass is 35.5. The average Bonchev–Trinajstić information content (AvgIpc) is 2.32. The smallest absolute Gasteiger partial charge is 0.139 e. The van der Waals surface area contributed by atoms with Crippen LogP contribution in [-0.2, 0) is 0 Å². The predicted octanol–water partition coefficient (Wildman–Crippen LogP) is 1.57. The molecule has 0 fully saturated rings. The van der Waals surface area contributed by atoms with E-state index < -0.39 is 0 Å². The SMILES string of the molecule is Nc1ccn2c(Cl)cnc2c1. The lowest BCUT2D eigenvalue weighted by molar-refractivity contribution is 1.19. The second-order valence-corrected chi connectivity index (χ2v) is 2.66. The fourth-order valence-electron chi connectivity index (χ4n) is 0.965. The fraction of sp³-hybridized carbons (Fsp3) is 0. The number of pyridine rings is 1. The predicted molar refractivity (Wildman–Crippen MR) is 44.6 cm³/mol. The van der Waals surface area contributed by atoms with Crippen LogP contribution in [0, 0.1) is 0 Å². The van der Waals surface area contributed by atoms with E-state index in [1.165, 1.54) is 0 Å². The molecule has 0 radical (unpaired) electrons. The molecule has 2 rings (SSSR count). The zero-order valence-electron chi connectivity index (χ0n) is 5.66. The van der Waals surface area contributed by atoms with Gasteiger partial charge in [0.1, 0.15) is 10.8 Å². The van der Waals surface area contributed by atoms with Gasteiger partial charge in [0, 0.05) is 18.0 Å². The van der Waals surface area contributed by atoms with Crippen molar-refractivity contribution in [2.45, 2.75) is 0 Å². The van der Waals surface area contributed by atoms with Crippen LogP contribution < -0.4 is 5.73 Å². The average molecular weight is 168 g/mol. The van der Waals surface area contributed by atoms with Crippen LogP contribution in [0.15, 0.2) is 24.5 Å². The Morgan fingerprint density at radius 2 is 2.36 bits per heavy atom. The molecule has 2 N–H and O–H groups in total. The Labute approximate surface area is 68.4 Å². The van der Waals surface area contributed by atoms with Gasteiger partial charge >= 0.3 is 0 Å². The third-order valence-corrected chi connectivity index (χ3v) is 1.77. The number of nitrogen functional groups attached to an aromatic ring is 1. The second-order valence-electron chi connectivity index (χ2n) is 2.27. The number of hydrogen-bond acceptors (Lipinski definition) is 2. The molecule has 0 saturated carbocycles. The zero-order valence-corrected chi connectivity index (χ0v) is 6.42. The topological polar surface area (TPSA) is 43.3 Å². The first kappa shape index (κ1) is 6.49. The van der Waals surface area contributed by atoms with Gasteiger partial charge in [0.2, 0.25) is 0 Å². The van der Waals surface area contributed by atoms with Crippen LogP contribution in [0.2, 0.25) is 5.15 Å². The van der Waals surface area contributed by atoms with Crippen molar-refractivity contribution >= 4 is 22.9 Å². The van der Waals surface area contributed by atoms with E-state index in [1.807, 2.05) is 0 Å². The van der Waals surface area contributed by atoms with Gasteiger partial charge in [0.05, 0.1) is 6.20 Å². The number of rotatable bonds is 0. The molecular weight excluding hydrogens is 162 g/mol. The Bertz CT molecular complexity index is 393. The molecule has 0 unspecified atom stereocenters. The highest BCUT2D eigenvalue weighted by Gasteiger charge is 1.98. The molecule has 0 bridgehead atoms. The minimum absolute atomic E-state index is 0.597. The third-order valence-electron chi connectivity index (χ3n) is 1.49. The summed E-state index contributed by atoms with van der Waals surface area (Å²) in [5.41, 5.74) is 7.00. The van der Waals surface area contributed by atoms with Gasteiger partial charge in [-0.25, -0.2) is 4.98 Å². The maximum atomic E-state index is 5.78. The third kappa shape index (κ3) is 0.935. The minimum Gasteiger partial charge on any atom is -0.399 e. The quantitative estimate of drug-likeness (QED) is 0.647. The Kier molecular flexibility index (Phi) is 1.26. The van der Waals surface area contributed by atoms with Crippen LogP contribution in [0.1, 0.15) is 0 Å². The first-order chi connectivity index (χ1) is 5.27. The molecule has 0 aromatic carbocycles. The van der Waals surface area contributed by atoms with Gasteiger partial charge in [-0.15, -0.1) is 0 Å². The van der Waals surface area contributed by atoms with Crippen molar-refractivity contribution in [1.82, 2.24) is 9.38 Å². The minimum atomic E-state index is 0.597. The summed E-state index contributed by atoms with van der Waals surface area (Å²) in [6.07, 6.45) is 3.39. The maximum Gasteiger partial charge on any atom is 0.139 e. The van der Waals surface area contributed by atoms with Crippen LogP contribution in [0.4, 0.5) is 5.69 Å². The molecule has 56 valence electrons. The lowest BCUT2D eigenvalue weighted by Crippen LogP contribution is -1.88. The molecule has 2 aromatic rings. The van der Waals surface area contributed by atoms with E-state index in [2.05, 4.69) is 4.98 Å². The monoisotopic (exact) mass is 167 g/mol. The molecule has 0 aliphatic heterocycles. The molecule has 11 heavy (non-hydrogen) atoms. The van der Waals surface area contributed by atoms with Crippen molar-refractivity contribution in [2.24, 2.45) is 0 Å². The highest BCUT2D eigenvalue weighted by Crippen LogP contribution is 2.13. The lowest BCUT2D eigenvalue weighted by Gasteiger charge is -1.94. The Hall–Kier alpha value is -1.22. The summed E-state index contributed by atoms with van der Waals surface area (Å²) in [7, 11) is 0. The zero-order chi connectivity index (χ0) is 7.84. The van der Waals surface area contributed by atoms with E-state index in [9.17, 15) is 0 Å². The summed E-state index contributed by atoms with van der Waals surface area (Å²) < 4.78 is 1.76. The number of nitrogens with two attached hydrogens (primary N) is 1. The number of hydrogen-bond donors (Lipinski definition) is 1. The van der Waals surface area contributed by atoms with Gasteiger partial charge in [0.15, 0.2) is 0 Å². The summed E-state index contributed by atoms with van der Waals surface area (Å²) in [5.74, 6) is 0. The van der Waals surface area contributed by atoms with E-state index in [0.29, 0.717) is 10.8 Å². The molecule has 2 heterocycles. The second kappa shape index (κ2) is 2.13. The van der Waals surface area contributed by atoms with E-state index in [-0.39, 0.29) is 0 Å². The van der Waals surface area contributed by atoms with Crippen molar-refractivity contribution in [1.29, 1.82) is 0 Å². The summed E-state index contributed by atoms with van der Waals surface area (Å²) >= 11 is 5.78. The number of aromatic nitrogens is 2. The van der Waals surface area contributed by atoms with E-state index in [1.54, 1.807) is 28.9 Å². The van der Waals surface area contributed by atoms with Crippen molar-refractivity contribution in [3.8, 4) is 0 Å². The first-order valence-electron chi connectivity index (χ1n) is 3.15. The lowest BCUT2D eigenvalue weighted by atomic mass is 10.4. The molecule has 0 spiro atoms. The van der Waals surface area contributed by atoms with Crippen molar-refractivity contribution in [3.05, 3.63) is 29.7 Å². The first-order valence-corrected chi connectivity index (χ1v) is 3.53. The van der Waals surface area contributed by atoms with Crippen LogP contribution in [0.3, 0.4) is 0 Å². The maximum absolute atomic E-state index is 5.78. The summed E-state index contributed by atoms with van der Waals surface area (Å²) in [4.78, 5) is 4.03. The molecule has 4 heteroatoms. The molecule has 2 aromatic heterocycles. The Morgan fingerprint density at radius 3 is 3.18 bits per heavy atom. The van der Waals surface area contributed by atoms with Crippen molar-refractivity contribution < 1.29 is 0 Å². The largest absolute Gasteiger partial charge is 0.399 e. The van der Waals surface area contributed by atoms with Gasteiger partial charge in [-0.1, -0.05) is 11.6 Å². The summed E-state index contributed by atoms with van der Waals surface area (Å²) in [6, 6.07) is 3.55. The van der Waals surface area contributed by atoms with Gasteiger partial charge in [-0.3, -0.25) is 4.40 Å². The van der Waals surface area contributed by atoms with E-state index in [0.717, 1.165) is 5.65 Å². The van der Waals surface area contributed by atoms with Gasteiger partial charge in [-0.05, 0) is 6.07 Å². The molecular formula is C7H6ClN3. The molecule has 0 amide bonds. The summed E-state index contributed by atoms with van der Waals surface area (Å²) in [5, 5.41) is 0.597. The van der Waals surface area contributed by atoms with E-state index in [4.69, 9.17) is 17.3 Å². The van der Waals surface area contributed by atoms with Gasteiger partial charge in [-0.2, -0.15) is 0 Å². The molecule has 3 nitrogen and oxygen atoms in total. The number of anilines is 1. The summed E-state index contributed by atoms with van der Waals surface area (Å²) in [6.45, 7) is 0. The Morgan fingerprint density at radius 1 is 1.55 bits per heavy atom. The molecule has 0 saturated heterocycles. The highest BCUT2D eigenvalue weighted by molar-refractivity contribution is 6.29. The van der Waals surface area contributed by atoms with Crippen molar-refractivity contribution in [3.63, 3.8) is 0 Å². The van der Waals surface area contributed by atoms with Crippen LogP contribution in [0.5, 0.6) is 0 Å². The van der Waals surface area contributed by atoms with Crippen LogP contribution >= 0.6 is 11.6 Å². The van der Waals surface area contributed by atoms with Gasteiger partial charge in [0.25, 0.3) is 0 Å². The molecule has 0 aliphatic carbocycles. The molecule has 0 aliphatic rings.